The third kappa shape index (κ3) is 2.64. The van der Waals surface area contributed by atoms with Crippen LogP contribution in [0.4, 0.5) is 11.7 Å². The lowest BCUT2D eigenvalue weighted by Gasteiger charge is -2.06. The van der Waals surface area contributed by atoms with Crippen molar-refractivity contribution in [3.63, 3.8) is 0 Å². The van der Waals surface area contributed by atoms with Gasteiger partial charge in [0, 0.05) is 8.59 Å². The van der Waals surface area contributed by atoms with Crippen molar-refractivity contribution in [2.24, 2.45) is 0 Å². The molecule has 0 spiro atoms. The van der Waals surface area contributed by atoms with Crippen LogP contribution in [0.25, 0.3) is 10.9 Å². The normalized spacial score (nSPS) is 10.7. The number of nitrogens with one attached hydrogen (secondary N) is 1. The second kappa shape index (κ2) is 5.41. The molecule has 3 rings (SSSR count). The highest BCUT2D eigenvalue weighted by atomic mass is 127. The number of para-hydroxylation sites is 1. The number of hydrogen-bond donors (Lipinski definition) is 1. The molecule has 4 nitrogen and oxygen atoms in total. The minimum Gasteiger partial charge on any atom is -0.388 e. The molecule has 3 aromatic rings. The van der Waals surface area contributed by atoms with E-state index < -0.39 is 5.63 Å². The van der Waals surface area contributed by atoms with Crippen LogP contribution in [0.5, 0.6) is 0 Å². The zero-order valence-corrected chi connectivity index (χ0v) is 13.0. The third-order valence-corrected chi connectivity index (χ3v) is 3.88. The summed E-state index contributed by atoms with van der Waals surface area (Å²) in [5, 5.41) is 3.84. The summed E-state index contributed by atoms with van der Waals surface area (Å²) in [7, 11) is 0. The molecule has 0 unspecified atom stereocenters. The Labute approximate surface area is 132 Å². The van der Waals surface area contributed by atoms with Crippen LogP contribution in [0.2, 0.25) is 5.02 Å². The molecule has 0 aliphatic carbocycles. The van der Waals surface area contributed by atoms with Crippen molar-refractivity contribution in [2.45, 2.75) is 0 Å². The van der Waals surface area contributed by atoms with Crippen molar-refractivity contribution in [2.75, 3.05) is 5.32 Å². The fourth-order valence-electron chi connectivity index (χ4n) is 1.78. The minimum atomic E-state index is -0.467. The van der Waals surface area contributed by atoms with Crippen molar-refractivity contribution < 1.29 is 4.42 Å². The second-order valence-corrected chi connectivity index (χ2v) is 5.67. The van der Waals surface area contributed by atoms with E-state index in [0.29, 0.717) is 15.9 Å². The van der Waals surface area contributed by atoms with Crippen LogP contribution in [0.3, 0.4) is 0 Å². The molecule has 0 amide bonds. The topological polar surface area (TPSA) is 55.1 Å². The van der Waals surface area contributed by atoms with Gasteiger partial charge in [-0.1, -0.05) is 23.7 Å². The Kier molecular flexibility index (Phi) is 3.62. The van der Waals surface area contributed by atoms with Gasteiger partial charge in [-0.15, -0.1) is 0 Å². The Bertz CT molecular complexity index is 848. The van der Waals surface area contributed by atoms with Crippen molar-refractivity contribution in [3.05, 3.63) is 61.5 Å². The Balaban J connectivity index is 2.08. The predicted molar refractivity (Wildman–Crippen MR) is 87.7 cm³/mol. The van der Waals surface area contributed by atoms with Gasteiger partial charge in [-0.3, -0.25) is 0 Å². The molecule has 1 N–H and O–H groups in total. The van der Waals surface area contributed by atoms with Crippen LogP contribution >= 0.6 is 34.2 Å². The van der Waals surface area contributed by atoms with E-state index in [4.69, 9.17) is 16.0 Å². The average molecular weight is 399 g/mol. The van der Waals surface area contributed by atoms with Crippen LogP contribution in [-0.2, 0) is 0 Å². The Hall–Kier alpha value is -1.60. The fourth-order valence-corrected chi connectivity index (χ4v) is 2.47. The summed E-state index contributed by atoms with van der Waals surface area (Å²) in [5.41, 5.74) is 0.905. The fraction of sp³-hybridized carbons (Fsp3) is 0. The number of hydrogen-bond acceptors (Lipinski definition) is 4. The maximum atomic E-state index is 11.9. The summed E-state index contributed by atoms with van der Waals surface area (Å²) in [5.74, 6) is 0. The highest BCUT2D eigenvalue weighted by Gasteiger charge is 2.08. The van der Waals surface area contributed by atoms with E-state index in [1.165, 1.54) is 0 Å². The standard InChI is InChI=1S/C14H8ClIN2O2/c15-8-5-6-11-9(7-8)13(19)20-14(17-11)18-12-4-2-1-3-10(12)16/h1-7H,(H,17,18). The van der Waals surface area contributed by atoms with Gasteiger partial charge >= 0.3 is 11.6 Å². The molecule has 0 fully saturated rings. The Morgan fingerprint density at radius 2 is 2.00 bits per heavy atom. The molecule has 0 aliphatic heterocycles. The van der Waals surface area contributed by atoms with Crippen molar-refractivity contribution >= 4 is 56.8 Å². The lowest BCUT2D eigenvalue weighted by atomic mass is 10.2. The molecule has 6 heteroatoms. The monoisotopic (exact) mass is 398 g/mol. The van der Waals surface area contributed by atoms with Gasteiger partial charge in [-0.05, 0) is 52.9 Å². The van der Waals surface area contributed by atoms with Crippen molar-refractivity contribution in [3.8, 4) is 0 Å². The maximum Gasteiger partial charge on any atom is 0.348 e. The molecule has 0 saturated heterocycles. The molecule has 1 heterocycles. The van der Waals surface area contributed by atoms with Gasteiger partial charge in [0.15, 0.2) is 0 Å². The molecule has 0 saturated carbocycles. The Morgan fingerprint density at radius 1 is 1.20 bits per heavy atom. The van der Waals surface area contributed by atoms with Gasteiger partial charge in [0.25, 0.3) is 0 Å². The van der Waals surface area contributed by atoms with Gasteiger partial charge in [0.1, 0.15) is 0 Å². The molecule has 0 aliphatic rings. The van der Waals surface area contributed by atoms with E-state index in [0.717, 1.165) is 9.26 Å². The lowest BCUT2D eigenvalue weighted by molar-refractivity contribution is 0.522. The molecule has 100 valence electrons. The Morgan fingerprint density at radius 3 is 2.80 bits per heavy atom. The van der Waals surface area contributed by atoms with Crippen molar-refractivity contribution in [1.82, 2.24) is 4.98 Å². The van der Waals surface area contributed by atoms with Gasteiger partial charge in [-0.2, -0.15) is 4.98 Å². The first kappa shape index (κ1) is 13.4. The first-order valence-electron chi connectivity index (χ1n) is 5.75. The summed E-state index contributed by atoms with van der Waals surface area (Å²) in [6.07, 6.45) is 0. The lowest BCUT2D eigenvalue weighted by Crippen LogP contribution is -2.05. The number of aromatic nitrogens is 1. The van der Waals surface area contributed by atoms with Gasteiger partial charge in [-0.25, -0.2) is 4.79 Å². The number of benzene rings is 2. The quantitative estimate of drug-likeness (QED) is 0.658. The summed E-state index contributed by atoms with van der Waals surface area (Å²) in [6.45, 7) is 0. The highest BCUT2D eigenvalue weighted by molar-refractivity contribution is 14.1. The summed E-state index contributed by atoms with van der Waals surface area (Å²) in [6, 6.07) is 12.7. The number of halogens is 2. The molecule has 0 radical (unpaired) electrons. The van der Waals surface area contributed by atoms with Crippen molar-refractivity contribution in [1.29, 1.82) is 0 Å². The molecule has 20 heavy (non-hydrogen) atoms. The van der Waals surface area contributed by atoms with Gasteiger partial charge in [0.2, 0.25) is 0 Å². The van der Waals surface area contributed by atoms with Crippen LogP contribution < -0.4 is 10.9 Å². The van der Waals surface area contributed by atoms with E-state index >= 15 is 0 Å². The number of anilines is 2. The van der Waals surface area contributed by atoms with Crippen LogP contribution in [0, 0.1) is 3.57 Å². The summed E-state index contributed by atoms with van der Waals surface area (Å²) in [4.78, 5) is 16.2. The largest absolute Gasteiger partial charge is 0.388 e. The number of nitrogens with zero attached hydrogens (tertiary/aromatic N) is 1. The predicted octanol–water partition coefficient (Wildman–Crippen LogP) is 4.19. The summed E-state index contributed by atoms with van der Waals surface area (Å²) >= 11 is 8.05. The first-order valence-corrected chi connectivity index (χ1v) is 7.21. The van der Waals surface area contributed by atoms with Crippen LogP contribution in [0.15, 0.2) is 51.7 Å². The highest BCUT2D eigenvalue weighted by Crippen LogP contribution is 2.22. The first-order chi connectivity index (χ1) is 9.63. The van der Waals surface area contributed by atoms with Crippen LogP contribution in [0.1, 0.15) is 0 Å². The molecule has 2 aromatic carbocycles. The van der Waals surface area contributed by atoms with Gasteiger partial charge < -0.3 is 9.73 Å². The number of rotatable bonds is 2. The average Bonchev–Trinajstić information content (AvgIpc) is 2.42. The van der Waals surface area contributed by atoms with E-state index in [1.807, 2.05) is 24.3 Å². The SMILES string of the molecule is O=c1oc(Nc2ccccc2I)nc2ccc(Cl)cc12. The molecule has 0 atom stereocenters. The molecule has 0 bridgehead atoms. The maximum absolute atomic E-state index is 11.9. The minimum absolute atomic E-state index is 0.161. The van der Waals surface area contributed by atoms with E-state index in [1.54, 1.807) is 18.2 Å². The molecular formula is C14H8ClIN2O2. The van der Waals surface area contributed by atoms with E-state index in [2.05, 4.69) is 32.9 Å². The van der Waals surface area contributed by atoms with Crippen LogP contribution in [-0.4, -0.2) is 4.98 Å². The second-order valence-electron chi connectivity index (χ2n) is 4.07. The number of fused-ring (bicyclic) bond motifs is 1. The smallest absolute Gasteiger partial charge is 0.348 e. The molecular weight excluding hydrogens is 391 g/mol. The molecule has 1 aromatic heterocycles. The van der Waals surface area contributed by atoms with Gasteiger partial charge in [0.05, 0.1) is 16.6 Å². The van der Waals surface area contributed by atoms with E-state index in [9.17, 15) is 4.79 Å². The zero-order valence-electron chi connectivity index (χ0n) is 10.1. The van der Waals surface area contributed by atoms with E-state index in [-0.39, 0.29) is 6.01 Å². The third-order valence-electron chi connectivity index (χ3n) is 2.71. The zero-order chi connectivity index (χ0) is 14.1. The summed E-state index contributed by atoms with van der Waals surface area (Å²) < 4.78 is 6.17.